The highest BCUT2D eigenvalue weighted by Crippen LogP contribution is 2.35. The summed E-state index contributed by atoms with van der Waals surface area (Å²) in [6, 6.07) is 4.87. The molecule has 35 heavy (non-hydrogen) atoms. The Balaban J connectivity index is 1.38. The number of halogens is 3. The van der Waals surface area contributed by atoms with Crippen LogP contribution in [0, 0.1) is 18.7 Å². The molecule has 5 rings (SSSR count). The summed E-state index contributed by atoms with van der Waals surface area (Å²) in [6.07, 6.45) is 9.17. The standard InChI is InChI=1S/C26H28F3N5O/c1-16-7-24(27)23(25(35)32-20-3-4-20)10-22(16)18-12-31-34(14-18)21-9-17(11-30-13-21)8-19-5-6-33(2)15-26(19,28)29/h7,9-14,19-20H,3-6,8,15H2,1-2H3,(H,32,35)/t19-/m0/s1. The molecule has 0 radical (unpaired) electrons. The number of pyridine rings is 1. The highest BCUT2D eigenvalue weighted by Gasteiger charge is 2.43. The molecule has 0 bridgehead atoms. The lowest BCUT2D eigenvalue weighted by Crippen LogP contribution is -2.47. The zero-order valence-electron chi connectivity index (χ0n) is 19.8. The number of piperidine rings is 1. The normalized spacial score (nSPS) is 20.1. The molecular formula is C26H28F3N5O. The van der Waals surface area contributed by atoms with Crippen LogP contribution in [0.3, 0.4) is 0 Å². The third-order valence-electron chi connectivity index (χ3n) is 6.83. The molecule has 2 aliphatic rings. The molecule has 1 saturated heterocycles. The average molecular weight is 484 g/mol. The van der Waals surface area contributed by atoms with Gasteiger partial charge in [0, 0.05) is 29.9 Å². The van der Waals surface area contributed by atoms with E-state index in [2.05, 4.69) is 15.4 Å². The molecule has 1 atom stereocenters. The Morgan fingerprint density at radius 3 is 2.71 bits per heavy atom. The molecule has 1 aliphatic carbocycles. The number of nitrogens with zero attached hydrogens (tertiary/aromatic N) is 4. The van der Waals surface area contributed by atoms with Crippen LogP contribution in [-0.4, -0.2) is 57.7 Å². The van der Waals surface area contributed by atoms with Crippen LogP contribution < -0.4 is 5.32 Å². The van der Waals surface area contributed by atoms with Crippen LogP contribution in [0.25, 0.3) is 16.8 Å². The van der Waals surface area contributed by atoms with Crippen molar-refractivity contribution in [2.75, 3.05) is 20.1 Å². The van der Waals surface area contributed by atoms with Gasteiger partial charge in [-0.15, -0.1) is 0 Å². The maximum atomic E-state index is 14.5. The maximum absolute atomic E-state index is 14.5. The fourth-order valence-electron chi connectivity index (χ4n) is 4.65. The van der Waals surface area contributed by atoms with Crippen molar-refractivity contribution in [3.05, 3.63) is 65.5 Å². The summed E-state index contributed by atoms with van der Waals surface area (Å²) in [5.41, 5.74) is 3.49. The van der Waals surface area contributed by atoms with E-state index in [1.807, 2.05) is 6.07 Å². The molecule has 1 aliphatic heterocycles. The molecule has 2 fully saturated rings. The van der Waals surface area contributed by atoms with Gasteiger partial charge in [0.05, 0.1) is 30.2 Å². The molecule has 0 unspecified atom stereocenters. The number of likely N-dealkylation sites (tertiary alicyclic amines) is 1. The van der Waals surface area contributed by atoms with E-state index < -0.39 is 23.6 Å². The van der Waals surface area contributed by atoms with Gasteiger partial charge in [-0.2, -0.15) is 5.10 Å². The lowest BCUT2D eigenvalue weighted by atomic mass is 9.87. The van der Waals surface area contributed by atoms with Gasteiger partial charge in [0.15, 0.2) is 0 Å². The summed E-state index contributed by atoms with van der Waals surface area (Å²) in [7, 11) is 1.72. The highest BCUT2D eigenvalue weighted by molar-refractivity contribution is 5.96. The van der Waals surface area contributed by atoms with Crippen molar-refractivity contribution in [3.63, 3.8) is 0 Å². The summed E-state index contributed by atoms with van der Waals surface area (Å²) in [5, 5.41) is 7.24. The number of rotatable bonds is 6. The number of hydrogen-bond acceptors (Lipinski definition) is 4. The minimum atomic E-state index is -2.74. The van der Waals surface area contributed by atoms with Crippen molar-refractivity contribution in [3.8, 4) is 16.8 Å². The first-order chi connectivity index (χ1) is 16.7. The zero-order chi connectivity index (χ0) is 24.7. The van der Waals surface area contributed by atoms with E-state index in [0.29, 0.717) is 29.8 Å². The van der Waals surface area contributed by atoms with Gasteiger partial charge in [-0.1, -0.05) is 0 Å². The van der Waals surface area contributed by atoms with Gasteiger partial charge >= 0.3 is 0 Å². The minimum absolute atomic E-state index is 0.00738. The van der Waals surface area contributed by atoms with Crippen molar-refractivity contribution in [1.29, 1.82) is 0 Å². The minimum Gasteiger partial charge on any atom is -0.349 e. The highest BCUT2D eigenvalue weighted by atomic mass is 19.3. The second kappa shape index (κ2) is 9.11. The third kappa shape index (κ3) is 5.10. The van der Waals surface area contributed by atoms with Crippen LogP contribution in [0.5, 0.6) is 0 Å². The summed E-state index contributed by atoms with van der Waals surface area (Å²) in [5.74, 6) is -4.45. The maximum Gasteiger partial charge on any atom is 0.263 e. The number of aromatic nitrogens is 3. The van der Waals surface area contributed by atoms with E-state index in [9.17, 15) is 18.0 Å². The Hall–Kier alpha value is -3.20. The molecule has 6 nitrogen and oxygen atoms in total. The van der Waals surface area contributed by atoms with E-state index in [4.69, 9.17) is 0 Å². The van der Waals surface area contributed by atoms with Gasteiger partial charge in [0.1, 0.15) is 5.82 Å². The van der Waals surface area contributed by atoms with Crippen LogP contribution >= 0.6 is 0 Å². The zero-order valence-corrected chi connectivity index (χ0v) is 19.8. The van der Waals surface area contributed by atoms with Gasteiger partial charge in [-0.05, 0) is 81.1 Å². The lowest BCUT2D eigenvalue weighted by Gasteiger charge is -2.36. The van der Waals surface area contributed by atoms with Crippen LogP contribution in [-0.2, 0) is 6.42 Å². The number of benzene rings is 1. The van der Waals surface area contributed by atoms with Crippen LogP contribution in [0.2, 0.25) is 0 Å². The van der Waals surface area contributed by atoms with E-state index in [1.165, 1.54) is 6.07 Å². The van der Waals surface area contributed by atoms with Crippen LogP contribution in [0.1, 0.15) is 40.7 Å². The van der Waals surface area contributed by atoms with Gasteiger partial charge in [-0.25, -0.2) is 17.9 Å². The smallest absolute Gasteiger partial charge is 0.263 e. The van der Waals surface area contributed by atoms with E-state index >= 15 is 0 Å². The number of nitrogens with one attached hydrogen (secondary N) is 1. The SMILES string of the molecule is Cc1cc(F)c(C(=O)NC2CC2)cc1-c1cnn(-c2cncc(C[C@@H]3CCN(C)CC3(F)F)c2)c1. The van der Waals surface area contributed by atoms with E-state index in [0.717, 1.165) is 24.0 Å². The molecule has 2 aromatic heterocycles. The van der Waals surface area contributed by atoms with Gasteiger partial charge < -0.3 is 10.2 Å². The van der Waals surface area contributed by atoms with Crippen molar-refractivity contribution in [2.45, 2.75) is 44.6 Å². The number of aryl methyl sites for hydroxylation is 1. The first kappa shape index (κ1) is 23.5. The van der Waals surface area contributed by atoms with Crippen molar-refractivity contribution < 1.29 is 18.0 Å². The Morgan fingerprint density at radius 1 is 1.17 bits per heavy atom. The first-order valence-electron chi connectivity index (χ1n) is 11.9. The lowest BCUT2D eigenvalue weighted by molar-refractivity contribution is -0.105. The van der Waals surface area contributed by atoms with Crippen LogP contribution in [0.15, 0.2) is 43.0 Å². The summed E-state index contributed by atoms with van der Waals surface area (Å²) in [4.78, 5) is 18.4. The third-order valence-corrected chi connectivity index (χ3v) is 6.83. The summed E-state index contributed by atoms with van der Waals surface area (Å²) in [6.45, 7) is 2.20. The van der Waals surface area contributed by atoms with E-state index in [-0.39, 0.29) is 24.6 Å². The number of hydrogen-bond donors (Lipinski definition) is 1. The summed E-state index contributed by atoms with van der Waals surface area (Å²) < 4.78 is 45.1. The summed E-state index contributed by atoms with van der Waals surface area (Å²) >= 11 is 0. The van der Waals surface area contributed by atoms with Crippen LogP contribution in [0.4, 0.5) is 13.2 Å². The molecule has 1 amide bonds. The molecule has 1 N–H and O–H groups in total. The monoisotopic (exact) mass is 483 g/mol. The Kier molecular flexibility index (Phi) is 6.13. The number of amides is 1. The Labute approximate surface area is 202 Å². The largest absolute Gasteiger partial charge is 0.349 e. The molecule has 9 heteroatoms. The van der Waals surface area contributed by atoms with Gasteiger partial charge in [0.25, 0.3) is 11.8 Å². The first-order valence-corrected chi connectivity index (χ1v) is 11.9. The molecule has 3 heterocycles. The van der Waals surface area contributed by atoms with E-state index in [1.54, 1.807) is 54.4 Å². The molecule has 1 saturated carbocycles. The molecular weight excluding hydrogens is 455 g/mol. The van der Waals surface area contributed by atoms with Crippen molar-refractivity contribution >= 4 is 5.91 Å². The second-order valence-corrected chi connectivity index (χ2v) is 9.81. The van der Waals surface area contributed by atoms with Gasteiger partial charge in [-0.3, -0.25) is 9.78 Å². The number of carbonyl (C=O) groups excluding carboxylic acids is 1. The average Bonchev–Trinajstić information content (AvgIpc) is 3.47. The fourth-order valence-corrected chi connectivity index (χ4v) is 4.65. The Morgan fingerprint density at radius 2 is 1.97 bits per heavy atom. The number of alkyl halides is 2. The predicted molar refractivity (Wildman–Crippen MR) is 126 cm³/mol. The quantitative estimate of drug-likeness (QED) is 0.565. The topological polar surface area (TPSA) is 63.1 Å². The molecule has 1 aromatic carbocycles. The fraction of sp³-hybridized carbons (Fsp3) is 0.423. The Bertz CT molecular complexity index is 1250. The molecule has 3 aromatic rings. The number of carbonyl (C=O) groups is 1. The van der Waals surface area contributed by atoms with Crippen molar-refractivity contribution in [1.82, 2.24) is 25.0 Å². The van der Waals surface area contributed by atoms with Gasteiger partial charge in [0.2, 0.25) is 0 Å². The molecule has 0 spiro atoms. The molecule has 184 valence electrons. The van der Waals surface area contributed by atoms with Crippen molar-refractivity contribution in [2.24, 2.45) is 5.92 Å². The second-order valence-electron chi connectivity index (χ2n) is 9.81. The predicted octanol–water partition coefficient (Wildman–Crippen LogP) is 4.40.